The van der Waals surface area contributed by atoms with Crippen LogP contribution in [0.15, 0.2) is 35.2 Å². The van der Waals surface area contributed by atoms with Crippen LogP contribution in [0, 0.1) is 0 Å². The molecule has 1 aromatic carbocycles. The third-order valence-corrected chi connectivity index (χ3v) is 5.52. The van der Waals surface area contributed by atoms with Crippen molar-refractivity contribution < 1.29 is 71.4 Å². The average molecular weight is 509 g/mol. The minimum absolute atomic E-state index is 0. The number of aliphatic carboxylic acids is 1. The molecule has 1 aromatic rings. The molecule has 0 saturated heterocycles. The number of carbonyl (C=O) groups is 2. The maximum absolute atomic E-state index is 11.7. The Labute approximate surface area is 223 Å². The quantitative estimate of drug-likeness (QED) is 0.0985. The summed E-state index contributed by atoms with van der Waals surface area (Å²) in [6.45, 7) is 2.19. The molecule has 0 aliphatic carbocycles. The van der Waals surface area contributed by atoms with Gasteiger partial charge in [-0.05, 0) is 30.5 Å². The number of carbonyl (C=O) groups excluding carboxylic acids is 1. The topological polar surface area (TPSA) is 139 Å². The Morgan fingerprint density at radius 3 is 2.26 bits per heavy atom. The van der Waals surface area contributed by atoms with E-state index in [-0.39, 0.29) is 66.6 Å². The zero-order valence-corrected chi connectivity index (χ0v) is 22.8. The van der Waals surface area contributed by atoms with E-state index in [1.54, 1.807) is 6.07 Å². The molecule has 9 nitrogen and oxygen atoms in total. The van der Waals surface area contributed by atoms with Crippen molar-refractivity contribution in [1.82, 2.24) is 0 Å². The monoisotopic (exact) mass is 508 g/mol. The number of hydrogen-bond acceptors (Lipinski definition) is 8. The maximum Gasteiger partial charge on any atom is 1.00 e. The second kappa shape index (κ2) is 18.8. The van der Waals surface area contributed by atoms with Gasteiger partial charge in [-0.1, -0.05) is 51.5 Å². The first-order valence-corrected chi connectivity index (χ1v) is 12.5. The van der Waals surface area contributed by atoms with E-state index in [4.69, 9.17) is 19.3 Å². The van der Waals surface area contributed by atoms with Crippen LogP contribution in [-0.4, -0.2) is 56.4 Å². The Bertz CT molecular complexity index is 869. The van der Waals surface area contributed by atoms with Crippen LogP contribution in [0.5, 0.6) is 5.75 Å². The van der Waals surface area contributed by atoms with Crippen molar-refractivity contribution in [2.45, 2.75) is 63.2 Å². The van der Waals surface area contributed by atoms with Crippen LogP contribution in [0.25, 0.3) is 0 Å². The van der Waals surface area contributed by atoms with Gasteiger partial charge in [-0.15, -0.1) is 0 Å². The molecule has 11 heteroatoms. The summed E-state index contributed by atoms with van der Waals surface area (Å²) in [4.78, 5) is 21.1. The number of esters is 1. The Hall–Kier alpha value is -1.43. The van der Waals surface area contributed by atoms with E-state index < -0.39 is 22.1 Å². The van der Waals surface area contributed by atoms with Crippen molar-refractivity contribution in [1.29, 1.82) is 0 Å². The SMILES string of the molecule is CCCCCCCCCc1ccc(OCCOCCOC(=O)/C=C/C(=O)O)c(S(=O)(=O)[O-])c1.[Na+]. The van der Waals surface area contributed by atoms with Gasteiger partial charge >= 0.3 is 41.5 Å². The Morgan fingerprint density at radius 2 is 1.62 bits per heavy atom. The smallest absolute Gasteiger partial charge is 0.744 e. The van der Waals surface area contributed by atoms with Crippen LogP contribution in [0.4, 0.5) is 0 Å². The Balaban J connectivity index is 0.0000109. The number of carboxylic acid groups (broad SMARTS) is 1. The third kappa shape index (κ3) is 15.5. The van der Waals surface area contributed by atoms with Crippen molar-refractivity contribution in [2.24, 2.45) is 0 Å². The van der Waals surface area contributed by atoms with Crippen LogP contribution in [0.2, 0.25) is 0 Å². The van der Waals surface area contributed by atoms with Gasteiger partial charge in [-0.2, -0.15) is 0 Å². The Morgan fingerprint density at radius 1 is 0.971 bits per heavy atom. The van der Waals surface area contributed by atoms with Crippen molar-refractivity contribution >= 4 is 22.1 Å². The van der Waals surface area contributed by atoms with Gasteiger partial charge in [0.1, 0.15) is 29.1 Å². The fraction of sp³-hybridized carbons (Fsp3) is 0.565. The zero-order valence-electron chi connectivity index (χ0n) is 20.0. The molecule has 0 bridgehead atoms. The first kappa shape index (κ1) is 32.6. The normalized spacial score (nSPS) is 11.2. The average Bonchev–Trinajstić information content (AvgIpc) is 2.76. The molecule has 0 aliphatic rings. The molecule has 0 amide bonds. The van der Waals surface area contributed by atoms with Crippen LogP contribution < -0.4 is 34.3 Å². The van der Waals surface area contributed by atoms with Gasteiger partial charge in [0.15, 0.2) is 0 Å². The molecular formula is C23H33NaO9S. The van der Waals surface area contributed by atoms with E-state index in [0.29, 0.717) is 12.5 Å². The molecule has 0 saturated carbocycles. The number of aryl methyl sites for hydroxylation is 1. The van der Waals surface area contributed by atoms with E-state index in [9.17, 15) is 22.6 Å². The standard InChI is InChI=1S/C23H34O9S.Na/c1-2-3-4-5-6-7-8-9-19-10-11-20(21(18-19)33(27,28)29)31-16-14-30-15-17-32-23(26)13-12-22(24)25;/h10-13,18H,2-9,14-17H2,1H3,(H,24,25)(H,27,28,29);/q;+1/p-1/b13-12+;. The van der Waals surface area contributed by atoms with E-state index in [0.717, 1.165) is 30.9 Å². The number of ether oxygens (including phenoxy) is 3. The molecule has 0 aromatic heterocycles. The minimum atomic E-state index is -4.70. The molecule has 0 aliphatic heterocycles. The van der Waals surface area contributed by atoms with Crippen molar-refractivity contribution in [3.63, 3.8) is 0 Å². The van der Waals surface area contributed by atoms with Crippen molar-refractivity contribution in [2.75, 3.05) is 26.4 Å². The second-order valence-corrected chi connectivity index (χ2v) is 8.75. The van der Waals surface area contributed by atoms with Gasteiger partial charge in [0.25, 0.3) is 0 Å². The predicted molar refractivity (Wildman–Crippen MR) is 120 cm³/mol. The number of unbranched alkanes of at least 4 members (excludes halogenated alkanes) is 6. The number of rotatable bonds is 18. The van der Waals surface area contributed by atoms with Gasteiger partial charge in [0.05, 0.1) is 18.1 Å². The summed E-state index contributed by atoms with van der Waals surface area (Å²) in [6, 6.07) is 4.61. The van der Waals surface area contributed by atoms with E-state index >= 15 is 0 Å². The second-order valence-electron chi connectivity index (χ2n) is 7.41. The number of carboxylic acids is 1. The number of benzene rings is 1. The molecule has 1 rings (SSSR count). The molecule has 0 spiro atoms. The molecule has 34 heavy (non-hydrogen) atoms. The fourth-order valence-electron chi connectivity index (χ4n) is 3.01. The largest absolute Gasteiger partial charge is 1.00 e. The van der Waals surface area contributed by atoms with Crippen LogP contribution in [0.1, 0.15) is 57.4 Å². The maximum atomic E-state index is 11.7. The van der Waals surface area contributed by atoms with Crippen LogP contribution in [0.3, 0.4) is 0 Å². The van der Waals surface area contributed by atoms with E-state index in [1.807, 2.05) is 0 Å². The first-order chi connectivity index (χ1) is 15.7. The molecule has 0 unspecified atom stereocenters. The van der Waals surface area contributed by atoms with Gasteiger partial charge < -0.3 is 23.9 Å². The van der Waals surface area contributed by atoms with Gasteiger partial charge in [0.2, 0.25) is 0 Å². The molecule has 0 heterocycles. The molecular weight excluding hydrogens is 475 g/mol. The van der Waals surface area contributed by atoms with Crippen LogP contribution >= 0.6 is 0 Å². The summed E-state index contributed by atoms with van der Waals surface area (Å²) in [5.41, 5.74) is 0.778. The molecule has 186 valence electrons. The van der Waals surface area contributed by atoms with E-state index in [1.165, 1.54) is 37.8 Å². The van der Waals surface area contributed by atoms with Gasteiger partial charge in [-0.25, -0.2) is 18.0 Å². The zero-order chi connectivity index (χ0) is 24.5. The summed E-state index contributed by atoms with van der Waals surface area (Å²) in [5.74, 6) is -2.09. The molecule has 0 fully saturated rings. The third-order valence-electron chi connectivity index (χ3n) is 4.67. The Kier molecular flexibility index (Phi) is 18.0. The van der Waals surface area contributed by atoms with Crippen LogP contribution in [-0.2, 0) is 35.6 Å². The van der Waals surface area contributed by atoms with Gasteiger partial charge in [-0.3, -0.25) is 0 Å². The summed E-state index contributed by atoms with van der Waals surface area (Å²) in [7, 11) is -4.70. The van der Waals surface area contributed by atoms with Crippen molar-refractivity contribution in [3.8, 4) is 5.75 Å². The summed E-state index contributed by atoms with van der Waals surface area (Å²) in [6.07, 6.45) is 10.2. The van der Waals surface area contributed by atoms with E-state index in [2.05, 4.69) is 6.92 Å². The fourth-order valence-corrected chi connectivity index (χ4v) is 3.68. The molecule has 0 radical (unpaired) electrons. The molecule has 1 N–H and O–H groups in total. The van der Waals surface area contributed by atoms with Crippen molar-refractivity contribution in [3.05, 3.63) is 35.9 Å². The number of hydrogen-bond donors (Lipinski definition) is 1. The summed E-state index contributed by atoms with van der Waals surface area (Å²) < 4.78 is 50.3. The van der Waals surface area contributed by atoms with Gasteiger partial charge in [0, 0.05) is 12.2 Å². The summed E-state index contributed by atoms with van der Waals surface area (Å²) in [5, 5.41) is 8.40. The first-order valence-electron chi connectivity index (χ1n) is 11.1. The molecule has 0 atom stereocenters. The predicted octanol–water partition coefficient (Wildman–Crippen LogP) is 0.467. The minimum Gasteiger partial charge on any atom is -0.744 e. The summed E-state index contributed by atoms with van der Waals surface area (Å²) >= 11 is 0.